The number of amides is 1. The van der Waals surface area contributed by atoms with E-state index in [-0.39, 0.29) is 18.1 Å². The molecule has 0 aliphatic heterocycles. The van der Waals surface area contributed by atoms with E-state index in [2.05, 4.69) is 15.4 Å². The Bertz CT molecular complexity index is 1250. The third kappa shape index (κ3) is 3.17. The van der Waals surface area contributed by atoms with Crippen LogP contribution in [0.5, 0.6) is 0 Å². The number of carbonyl (C=O) groups excluding carboxylic acids is 1. The number of carbonyl (C=O) groups is 1. The van der Waals surface area contributed by atoms with Crippen LogP contribution in [0.3, 0.4) is 0 Å². The molecular formula is C20H22N6O2. The van der Waals surface area contributed by atoms with Gasteiger partial charge in [-0.3, -0.25) is 4.79 Å². The van der Waals surface area contributed by atoms with Gasteiger partial charge in [0.2, 0.25) is 5.91 Å². The quantitative estimate of drug-likeness (QED) is 0.571. The molecule has 4 aromatic rings. The highest BCUT2D eigenvalue weighted by atomic mass is 16.2. The number of hydrogen-bond donors (Lipinski definition) is 1. The molecule has 28 heavy (non-hydrogen) atoms. The summed E-state index contributed by atoms with van der Waals surface area (Å²) < 4.78 is 4.82. The summed E-state index contributed by atoms with van der Waals surface area (Å²) in [5.74, 6) is 0.652. The Morgan fingerprint density at radius 2 is 2.00 bits per heavy atom. The van der Waals surface area contributed by atoms with Gasteiger partial charge in [-0.15, -0.1) is 5.10 Å². The van der Waals surface area contributed by atoms with Crippen LogP contribution in [-0.4, -0.2) is 36.2 Å². The van der Waals surface area contributed by atoms with E-state index in [1.807, 2.05) is 45.0 Å². The predicted molar refractivity (Wildman–Crippen MR) is 106 cm³/mol. The number of aryl methyl sites for hydroxylation is 3. The van der Waals surface area contributed by atoms with Gasteiger partial charge >= 0.3 is 5.69 Å². The Morgan fingerprint density at radius 1 is 1.18 bits per heavy atom. The zero-order valence-corrected chi connectivity index (χ0v) is 16.1. The van der Waals surface area contributed by atoms with Crippen molar-refractivity contribution in [1.29, 1.82) is 0 Å². The first-order chi connectivity index (χ1) is 13.4. The first-order valence-corrected chi connectivity index (χ1v) is 9.18. The zero-order chi connectivity index (χ0) is 19.8. The van der Waals surface area contributed by atoms with E-state index in [0.717, 1.165) is 27.9 Å². The summed E-state index contributed by atoms with van der Waals surface area (Å²) in [6, 6.07) is 8.07. The molecule has 0 saturated heterocycles. The third-order valence-corrected chi connectivity index (χ3v) is 4.87. The number of imidazole rings is 1. The fourth-order valence-corrected chi connectivity index (χ4v) is 3.38. The summed E-state index contributed by atoms with van der Waals surface area (Å²) in [6.45, 7) is 6.62. The average molecular weight is 378 g/mol. The van der Waals surface area contributed by atoms with Crippen LogP contribution in [0.15, 0.2) is 41.5 Å². The summed E-state index contributed by atoms with van der Waals surface area (Å²) in [4.78, 5) is 29.1. The standard InChI is InChI=1S/C20H22N6O2/c1-13-4-5-16-11-14(2)19-23-25(20(28)26(19)17(16)10-13)9-7-22-18(27)12-24-8-6-21-15(24)3/h4-6,8,10-11H,7,9,12H2,1-3H3,(H,22,27). The van der Waals surface area contributed by atoms with Crippen LogP contribution in [0, 0.1) is 20.8 Å². The molecule has 0 atom stereocenters. The highest BCUT2D eigenvalue weighted by Crippen LogP contribution is 2.19. The van der Waals surface area contributed by atoms with E-state index in [1.54, 1.807) is 21.4 Å². The SMILES string of the molecule is Cc1ccc2cc(C)c3nn(CCNC(=O)Cn4ccnc4C)c(=O)n3c2c1. The molecule has 0 bridgehead atoms. The Balaban J connectivity index is 1.55. The molecule has 0 radical (unpaired) electrons. The minimum atomic E-state index is -0.200. The van der Waals surface area contributed by atoms with E-state index in [0.29, 0.717) is 18.7 Å². The second kappa shape index (κ2) is 6.95. The summed E-state index contributed by atoms with van der Waals surface area (Å²) >= 11 is 0. The maximum atomic E-state index is 12.9. The van der Waals surface area contributed by atoms with Crippen molar-refractivity contribution in [2.75, 3.05) is 6.54 Å². The zero-order valence-electron chi connectivity index (χ0n) is 16.1. The second-order valence-electron chi connectivity index (χ2n) is 7.01. The maximum Gasteiger partial charge on any atom is 0.350 e. The largest absolute Gasteiger partial charge is 0.353 e. The molecule has 0 fully saturated rings. The van der Waals surface area contributed by atoms with Crippen LogP contribution in [0.1, 0.15) is 17.0 Å². The fraction of sp³-hybridized carbons (Fsp3) is 0.300. The number of nitrogens with one attached hydrogen (secondary N) is 1. The lowest BCUT2D eigenvalue weighted by atomic mass is 10.1. The number of pyridine rings is 1. The molecule has 8 nitrogen and oxygen atoms in total. The van der Waals surface area contributed by atoms with E-state index in [9.17, 15) is 9.59 Å². The second-order valence-corrected chi connectivity index (χ2v) is 7.01. The number of benzene rings is 1. The van der Waals surface area contributed by atoms with Crippen LogP contribution >= 0.6 is 0 Å². The fourth-order valence-electron chi connectivity index (χ4n) is 3.38. The Labute approximate surface area is 161 Å². The van der Waals surface area contributed by atoms with Crippen molar-refractivity contribution >= 4 is 22.5 Å². The van der Waals surface area contributed by atoms with Gasteiger partial charge in [-0.2, -0.15) is 0 Å². The molecule has 0 saturated carbocycles. The van der Waals surface area contributed by atoms with Gasteiger partial charge in [0.1, 0.15) is 12.4 Å². The minimum absolute atomic E-state index is 0.129. The molecule has 0 aliphatic rings. The van der Waals surface area contributed by atoms with Crippen molar-refractivity contribution in [1.82, 2.24) is 29.0 Å². The first kappa shape index (κ1) is 18.0. The molecule has 1 aromatic carbocycles. The molecule has 144 valence electrons. The van der Waals surface area contributed by atoms with Gasteiger partial charge in [0.05, 0.1) is 12.1 Å². The van der Waals surface area contributed by atoms with Crippen molar-refractivity contribution in [2.45, 2.75) is 33.9 Å². The van der Waals surface area contributed by atoms with Crippen LogP contribution < -0.4 is 11.0 Å². The minimum Gasteiger partial charge on any atom is -0.353 e. The molecule has 0 spiro atoms. The van der Waals surface area contributed by atoms with E-state index < -0.39 is 0 Å². The van der Waals surface area contributed by atoms with Crippen LogP contribution in [-0.2, 0) is 17.9 Å². The van der Waals surface area contributed by atoms with Gasteiger partial charge in [-0.1, -0.05) is 12.1 Å². The number of fused-ring (bicyclic) bond motifs is 3. The van der Waals surface area contributed by atoms with E-state index >= 15 is 0 Å². The molecule has 0 unspecified atom stereocenters. The summed E-state index contributed by atoms with van der Waals surface area (Å²) in [7, 11) is 0. The number of aromatic nitrogens is 5. The van der Waals surface area contributed by atoms with Crippen molar-refractivity contribution < 1.29 is 4.79 Å². The van der Waals surface area contributed by atoms with E-state index in [4.69, 9.17) is 0 Å². The van der Waals surface area contributed by atoms with Gasteiger partial charge in [0, 0.05) is 18.9 Å². The topological polar surface area (TPSA) is 86.2 Å². The first-order valence-electron chi connectivity index (χ1n) is 9.18. The Morgan fingerprint density at radius 3 is 2.75 bits per heavy atom. The van der Waals surface area contributed by atoms with Gasteiger partial charge < -0.3 is 9.88 Å². The van der Waals surface area contributed by atoms with Gasteiger partial charge in [0.15, 0.2) is 5.65 Å². The predicted octanol–water partition coefficient (Wildman–Crippen LogP) is 1.59. The average Bonchev–Trinajstić information content (AvgIpc) is 3.20. The van der Waals surface area contributed by atoms with Crippen molar-refractivity contribution in [3.63, 3.8) is 0 Å². The molecule has 3 heterocycles. The maximum absolute atomic E-state index is 12.9. The Kier molecular flexibility index (Phi) is 4.46. The molecule has 4 rings (SSSR count). The molecule has 0 aliphatic carbocycles. The van der Waals surface area contributed by atoms with Crippen molar-refractivity contribution in [3.05, 3.63) is 64.1 Å². The number of rotatable bonds is 5. The normalized spacial score (nSPS) is 11.4. The molecular weight excluding hydrogens is 356 g/mol. The third-order valence-electron chi connectivity index (χ3n) is 4.87. The molecule has 1 N–H and O–H groups in total. The lowest BCUT2D eigenvalue weighted by Gasteiger charge is -2.06. The monoisotopic (exact) mass is 378 g/mol. The molecule has 8 heteroatoms. The number of nitrogens with zero attached hydrogens (tertiary/aromatic N) is 5. The number of hydrogen-bond acceptors (Lipinski definition) is 4. The van der Waals surface area contributed by atoms with Crippen LogP contribution in [0.25, 0.3) is 16.6 Å². The molecule has 3 aromatic heterocycles. The van der Waals surface area contributed by atoms with Gasteiger partial charge in [0.25, 0.3) is 0 Å². The van der Waals surface area contributed by atoms with Crippen molar-refractivity contribution in [3.8, 4) is 0 Å². The lowest BCUT2D eigenvalue weighted by Crippen LogP contribution is -2.33. The highest BCUT2D eigenvalue weighted by Gasteiger charge is 2.13. The van der Waals surface area contributed by atoms with Gasteiger partial charge in [-0.25, -0.2) is 18.9 Å². The summed E-state index contributed by atoms with van der Waals surface area (Å²) in [5, 5.41) is 8.31. The summed E-state index contributed by atoms with van der Waals surface area (Å²) in [5.41, 5.74) is 3.31. The smallest absolute Gasteiger partial charge is 0.350 e. The molecule has 1 amide bonds. The Hall–Kier alpha value is -3.42. The van der Waals surface area contributed by atoms with Crippen molar-refractivity contribution in [2.24, 2.45) is 0 Å². The van der Waals surface area contributed by atoms with Crippen LogP contribution in [0.4, 0.5) is 0 Å². The lowest BCUT2D eigenvalue weighted by molar-refractivity contribution is -0.121. The summed E-state index contributed by atoms with van der Waals surface area (Å²) in [6.07, 6.45) is 3.42. The van der Waals surface area contributed by atoms with Gasteiger partial charge in [-0.05, 0) is 49.4 Å². The van der Waals surface area contributed by atoms with Crippen LogP contribution in [0.2, 0.25) is 0 Å². The highest BCUT2D eigenvalue weighted by molar-refractivity contribution is 5.84. The van der Waals surface area contributed by atoms with E-state index in [1.165, 1.54) is 4.68 Å².